The lowest BCUT2D eigenvalue weighted by Gasteiger charge is -2.23. The van der Waals surface area contributed by atoms with E-state index in [4.69, 9.17) is 0 Å². The standard InChI is InChI=1S/C30H23NO/c1-31-28(24-18-10-4-11-19-24)26(22-14-6-2-7-15-22)30(32)27(23-16-8-3-9-17-23)29(31)25-20-12-5-13-21-25/h2-21H,1H3. The van der Waals surface area contributed by atoms with Crippen molar-refractivity contribution in [1.29, 1.82) is 0 Å². The minimum Gasteiger partial charge on any atom is -0.342 e. The fourth-order valence-corrected chi connectivity index (χ4v) is 4.40. The Hall–Kier alpha value is -4.17. The van der Waals surface area contributed by atoms with Crippen LogP contribution in [0.3, 0.4) is 0 Å². The highest BCUT2D eigenvalue weighted by atomic mass is 16.1. The fourth-order valence-electron chi connectivity index (χ4n) is 4.40. The Labute approximate surface area is 188 Å². The second-order valence-corrected chi connectivity index (χ2v) is 7.80. The first-order valence-electron chi connectivity index (χ1n) is 10.7. The van der Waals surface area contributed by atoms with E-state index in [0.29, 0.717) is 0 Å². The molecule has 1 heterocycles. The van der Waals surface area contributed by atoms with Crippen molar-refractivity contribution >= 4 is 0 Å². The Bertz CT molecular complexity index is 1300. The zero-order chi connectivity index (χ0) is 21.9. The maximum absolute atomic E-state index is 14.3. The van der Waals surface area contributed by atoms with E-state index in [1.165, 1.54) is 0 Å². The molecule has 0 saturated heterocycles. The molecule has 0 N–H and O–H groups in total. The molecular weight excluding hydrogens is 390 g/mol. The number of benzene rings is 4. The van der Waals surface area contributed by atoms with Gasteiger partial charge in [0.05, 0.1) is 22.5 Å². The third-order valence-corrected chi connectivity index (χ3v) is 5.82. The Morgan fingerprint density at radius 3 is 1.03 bits per heavy atom. The van der Waals surface area contributed by atoms with Crippen LogP contribution in [0.2, 0.25) is 0 Å². The van der Waals surface area contributed by atoms with Gasteiger partial charge in [-0.3, -0.25) is 4.79 Å². The molecule has 4 aromatic carbocycles. The van der Waals surface area contributed by atoms with Crippen LogP contribution < -0.4 is 5.43 Å². The van der Waals surface area contributed by atoms with Gasteiger partial charge in [-0.25, -0.2) is 0 Å². The van der Waals surface area contributed by atoms with Crippen LogP contribution >= 0.6 is 0 Å². The predicted octanol–water partition coefficient (Wildman–Crippen LogP) is 7.05. The molecule has 5 aromatic rings. The summed E-state index contributed by atoms with van der Waals surface area (Å²) in [4.78, 5) is 14.3. The Balaban J connectivity index is 1.98. The quantitative estimate of drug-likeness (QED) is 0.309. The van der Waals surface area contributed by atoms with Crippen molar-refractivity contribution in [2.75, 3.05) is 0 Å². The zero-order valence-electron chi connectivity index (χ0n) is 17.9. The summed E-state index contributed by atoms with van der Waals surface area (Å²) in [7, 11) is 2.06. The number of hydrogen-bond donors (Lipinski definition) is 0. The summed E-state index contributed by atoms with van der Waals surface area (Å²) in [5, 5.41) is 0. The first-order valence-corrected chi connectivity index (χ1v) is 10.7. The van der Waals surface area contributed by atoms with Crippen LogP contribution in [0.5, 0.6) is 0 Å². The minimum atomic E-state index is 0.0400. The maximum Gasteiger partial charge on any atom is 0.198 e. The van der Waals surface area contributed by atoms with Gasteiger partial charge in [0.2, 0.25) is 0 Å². The van der Waals surface area contributed by atoms with E-state index in [1.54, 1.807) is 0 Å². The zero-order valence-corrected chi connectivity index (χ0v) is 17.9. The van der Waals surface area contributed by atoms with E-state index in [2.05, 4.69) is 35.9 Å². The van der Waals surface area contributed by atoms with Gasteiger partial charge in [-0.15, -0.1) is 0 Å². The summed E-state index contributed by atoms with van der Waals surface area (Å²) in [6, 6.07) is 40.3. The van der Waals surface area contributed by atoms with E-state index >= 15 is 0 Å². The molecule has 0 spiro atoms. The van der Waals surface area contributed by atoms with Gasteiger partial charge in [0, 0.05) is 7.05 Å². The van der Waals surface area contributed by atoms with Crippen LogP contribution in [0, 0.1) is 0 Å². The Morgan fingerprint density at radius 1 is 0.438 bits per heavy atom. The van der Waals surface area contributed by atoms with Crippen molar-refractivity contribution in [1.82, 2.24) is 4.57 Å². The molecule has 5 rings (SSSR count). The van der Waals surface area contributed by atoms with Crippen molar-refractivity contribution in [2.24, 2.45) is 7.05 Å². The second-order valence-electron chi connectivity index (χ2n) is 7.80. The summed E-state index contributed by atoms with van der Waals surface area (Å²) in [5.41, 5.74) is 7.19. The number of aromatic nitrogens is 1. The fraction of sp³-hybridized carbons (Fsp3) is 0.0333. The summed E-state index contributed by atoms with van der Waals surface area (Å²) in [6.07, 6.45) is 0. The molecule has 0 radical (unpaired) electrons. The lowest BCUT2D eigenvalue weighted by atomic mass is 9.90. The van der Waals surface area contributed by atoms with Gasteiger partial charge in [0.15, 0.2) is 5.43 Å². The summed E-state index contributed by atoms with van der Waals surface area (Å²) >= 11 is 0. The molecule has 0 atom stereocenters. The third kappa shape index (κ3) is 3.46. The maximum atomic E-state index is 14.3. The number of hydrogen-bond acceptors (Lipinski definition) is 1. The average Bonchev–Trinajstić information content (AvgIpc) is 2.87. The van der Waals surface area contributed by atoms with Crippen molar-refractivity contribution in [3.8, 4) is 44.8 Å². The molecule has 0 bridgehead atoms. The van der Waals surface area contributed by atoms with E-state index in [0.717, 1.165) is 44.8 Å². The molecule has 2 heteroatoms. The van der Waals surface area contributed by atoms with Gasteiger partial charge < -0.3 is 4.57 Å². The van der Waals surface area contributed by atoms with Crippen molar-refractivity contribution in [2.45, 2.75) is 0 Å². The summed E-state index contributed by atoms with van der Waals surface area (Å²) in [5.74, 6) is 0. The average molecular weight is 414 g/mol. The minimum absolute atomic E-state index is 0.0400. The van der Waals surface area contributed by atoms with Gasteiger partial charge >= 0.3 is 0 Å². The molecule has 1 aromatic heterocycles. The first kappa shape index (κ1) is 19.8. The lowest BCUT2D eigenvalue weighted by Crippen LogP contribution is -2.18. The van der Waals surface area contributed by atoms with Gasteiger partial charge in [-0.1, -0.05) is 121 Å². The molecule has 32 heavy (non-hydrogen) atoms. The molecule has 154 valence electrons. The predicted molar refractivity (Wildman–Crippen MR) is 133 cm³/mol. The second kappa shape index (κ2) is 8.52. The number of rotatable bonds is 4. The SMILES string of the molecule is Cn1c(-c2ccccc2)c(-c2ccccc2)c(=O)c(-c2ccccc2)c1-c1ccccc1. The van der Waals surface area contributed by atoms with Crippen LogP contribution in [0.4, 0.5) is 0 Å². The molecule has 0 aliphatic rings. The van der Waals surface area contributed by atoms with Crippen molar-refractivity contribution < 1.29 is 0 Å². The molecule has 0 unspecified atom stereocenters. The van der Waals surface area contributed by atoms with Gasteiger partial charge in [-0.2, -0.15) is 0 Å². The molecule has 0 amide bonds. The van der Waals surface area contributed by atoms with Gasteiger partial charge in [-0.05, 0) is 22.3 Å². The van der Waals surface area contributed by atoms with Crippen molar-refractivity contribution in [3.63, 3.8) is 0 Å². The summed E-state index contributed by atoms with van der Waals surface area (Å²) < 4.78 is 2.18. The molecule has 0 saturated carbocycles. The highest BCUT2D eigenvalue weighted by Gasteiger charge is 2.23. The lowest BCUT2D eigenvalue weighted by molar-refractivity contribution is 0.924. The van der Waals surface area contributed by atoms with E-state index in [9.17, 15) is 4.79 Å². The van der Waals surface area contributed by atoms with Crippen LogP contribution in [-0.4, -0.2) is 4.57 Å². The molecule has 2 nitrogen and oxygen atoms in total. The van der Waals surface area contributed by atoms with E-state index in [-0.39, 0.29) is 5.43 Å². The third-order valence-electron chi connectivity index (χ3n) is 5.82. The molecular formula is C30H23NO. The van der Waals surface area contributed by atoms with Crippen LogP contribution in [-0.2, 0) is 7.05 Å². The van der Waals surface area contributed by atoms with Crippen molar-refractivity contribution in [3.05, 3.63) is 132 Å². The number of pyridine rings is 1. The van der Waals surface area contributed by atoms with Crippen LogP contribution in [0.1, 0.15) is 0 Å². The highest BCUT2D eigenvalue weighted by Crippen LogP contribution is 2.38. The van der Waals surface area contributed by atoms with Gasteiger partial charge in [0.25, 0.3) is 0 Å². The van der Waals surface area contributed by atoms with Crippen LogP contribution in [0.25, 0.3) is 44.8 Å². The first-order chi connectivity index (χ1) is 15.8. The largest absolute Gasteiger partial charge is 0.342 e. The monoisotopic (exact) mass is 413 g/mol. The normalized spacial score (nSPS) is 10.8. The smallest absolute Gasteiger partial charge is 0.198 e. The Kier molecular flexibility index (Phi) is 5.27. The van der Waals surface area contributed by atoms with E-state index < -0.39 is 0 Å². The highest BCUT2D eigenvalue weighted by molar-refractivity contribution is 5.91. The Morgan fingerprint density at radius 2 is 0.719 bits per heavy atom. The molecule has 0 fully saturated rings. The number of nitrogens with zero attached hydrogens (tertiary/aromatic N) is 1. The summed E-state index contributed by atoms with van der Waals surface area (Å²) in [6.45, 7) is 0. The van der Waals surface area contributed by atoms with Crippen LogP contribution in [0.15, 0.2) is 126 Å². The molecule has 0 aliphatic carbocycles. The van der Waals surface area contributed by atoms with Gasteiger partial charge in [0.1, 0.15) is 0 Å². The molecule has 0 aliphatic heterocycles. The van der Waals surface area contributed by atoms with E-state index in [1.807, 2.05) is 97.1 Å². The topological polar surface area (TPSA) is 22.0 Å².